The highest BCUT2D eigenvalue weighted by molar-refractivity contribution is 6.29. The van der Waals surface area contributed by atoms with Crippen LogP contribution >= 0.6 is 11.6 Å². The van der Waals surface area contributed by atoms with E-state index in [4.69, 9.17) is 22.4 Å². The lowest BCUT2D eigenvalue weighted by atomic mass is 10.1. The van der Waals surface area contributed by atoms with Crippen LogP contribution in [-0.4, -0.2) is 50.4 Å². The number of hydrogen-bond acceptors (Lipinski definition) is 7. The van der Waals surface area contributed by atoms with E-state index < -0.39 is 0 Å². The van der Waals surface area contributed by atoms with Crippen molar-refractivity contribution in [2.24, 2.45) is 0 Å². The highest BCUT2D eigenvalue weighted by Crippen LogP contribution is 2.27. The smallest absolute Gasteiger partial charge is 0.200 e. The zero-order valence-electron chi connectivity index (χ0n) is 19.9. The van der Waals surface area contributed by atoms with Crippen molar-refractivity contribution in [3.63, 3.8) is 0 Å². The molecule has 9 heteroatoms. The maximum Gasteiger partial charge on any atom is 0.200 e. The molecule has 0 spiro atoms. The van der Waals surface area contributed by atoms with Crippen molar-refractivity contribution in [1.82, 2.24) is 19.9 Å². The van der Waals surface area contributed by atoms with E-state index in [2.05, 4.69) is 20.3 Å². The summed E-state index contributed by atoms with van der Waals surface area (Å²) in [4.78, 5) is 27.5. The summed E-state index contributed by atoms with van der Waals surface area (Å²) in [5, 5.41) is 19.6. The molecule has 0 radical (unpaired) electrons. The van der Waals surface area contributed by atoms with Gasteiger partial charge in [-0.05, 0) is 60.9 Å². The number of Topliss-reactive ketones (excluding diaryl/α,β-unsaturated/α-hetero) is 1. The first-order chi connectivity index (χ1) is 18.0. The second kappa shape index (κ2) is 10.7. The van der Waals surface area contributed by atoms with Gasteiger partial charge in [-0.15, -0.1) is 0 Å². The Bertz CT molecular complexity index is 1450. The van der Waals surface area contributed by atoms with E-state index >= 15 is 0 Å². The Morgan fingerprint density at radius 1 is 1.00 bits per heavy atom. The van der Waals surface area contributed by atoms with Gasteiger partial charge in [-0.2, -0.15) is 0 Å². The Kier molecular flexibility index (Phi) is 7.00. The van der Waals surface area contributed by atoms with Crippen LogP contribution in [-0.2, 0) is 0 Å². The molecule has 1 aliphatic carbocycles. The van der Waals surface area contributed by atoms with Gasteiger partial charge in [-0.25, -0.2) is 4.98 Å². The molecule has 0 unspecified atom stereocenters. The molecule has 8 nitrogen and oxygen atoms in total. The van der Waals surface area contributed by atoms with Gasteiger partial charge >= 0.3 is 0 Å². The van der Waals surface area contributed by atoms with Gasteiger partial charge in [0.15, 0.2) is 5.78 Å². The Hall–Kier alpha value is -4.43. The minimum Gasteiger partial charge on any atom is -0.377 e. The average Bonchev–Trinajstić information content (AvgIpc) is 3.78. The molecule has 0 saturated heterocycles. The summed E-state index contributed by atoms with van der Waals surface area (Å²) < 4.78 is 0. The minimum atomic E-state index is -0.154. The lowest BCUT2D eigenvalue weighted by Crippen LogP contribution is -2.31. The third-order valence-electron chi connectivity index (χ3n) is 6.09. The fourth-order valence-corrected chi connectivity index (χ4v) is 4.04. The van der Waals surface area contributed by atoms with Gasteiger partial charge in [0.25, 0.3) is 0 Å². The molecule has 0 amide bonds. The van der Waals surface area contributed by atoms with E-state index in [1.807, 2.05) is 48.5 Å². The average molecular weight is 510 g/mol. The van der Waals surface area contributed by atoms with Crippen molar-refractivity contribution in [2.45, 2.75) is 18.9 Å². The molecule has 1 saturated carbocycles. The highest BCUT2D eigenvalue weighted by atomic mass is 35.5. The lowest BCUT2D eigenvalue weighted by Gasteiger charge is -2.19. The quantitative estimate of drug-likeness (QED) is 0.118. The van der Waals surface area contributed by atoms with E-state index in [0.29, 0.717) is 16.4 Å². The molecule has 5 rings (SSSR count). The van der Waals surface area contributed by atoms with Crippen molar-refractivity contribution >= 4 is 35.2 Å². The van der Waals surface area contributed by atoms with E-state index in [1.165, 1.54) is 6.34 Å². The van der Waals surface area contributed by atoms with Gasteiger partial charge in [0, 0.05) is 47.0 Å². The molecule has 3 heterocycles. The van der Waals surface area contributed by atoms with Gasteiger partial charge in [0.1, 0.15) is 16.7 Å². The number of halogens is 1. The van der Waals surface area contributed by atoms with Crippen LogP contribution in [0.3, 0.4) is 0 Å². The Labute approximate surface area is 219 Å². The van der Waals surface area contributed by atoms with E-state index in [-0.39, 0.29) is 24.2 Å². The van der Waals surface area contributed by atoms with E-state index in [0.717, 1.165) is 40.9 Å². The Morgan fingerprint density at radius 2 is 1.81 bits per heavy atom. The number of benzene rings is 1. The topological polar surface area (TPSA) is 119 Å². The van der Waals surface area contributed by atoms with E-state index in [9.17, 15) is 4.79 Å². The number of anilines is 1. The van der Waals surface area contributed by atoms with Crippen molar-refractivity contribution in [3.8, 4) is 22.4 Å². The van der Waals surface area contributed by atoms with Gasteiger partial charge in [-0.3, -0.25) is 25.6 Å². The summed E-state index contributed by atoms with van der Waals surface area (Å²) in [7, 11) is 0. The zero-order chi connectivity index (χ0) is 25.8. The molecule has 1 aliphatic rings. The van der Waals surface area contributed by atoms with Crippen LogP contribution in [0.4, 0.5) is 5.69 Å². The SMILES string of the molecule is N=CN(C(=N)c1cccc(NCC(=O)c2cc(-c3ccc(-c4ccc(Cl)nc4)nc3)ccn2)c1)C1CC1. The molecule has 184 valence electrons. The van der Waals surface area contributed by atoms with Crippen LogP contribution in [0.2, 0.25) is 5.15 Å². The number of aromatic nitrogens is 3. The molecule has 37 heavy (non-hydrogen) atoms. The molecule has 0 atom stereocenters. The van der Waals surface area contributed by atoms with Crippen LogP contribution in [0.25, 0.3) is 22.4 Å². The third kappa shape index (κ3) is 5.70. The van der Waals surface area contributed by atoms with Gasteiger partial charge in [-0.1, -0.05) is 29.8 Å². The maximum atomic E-state index is 12.9. The van der Waals surface area contributed by atoms with Crippen molar-refractivity contribution in [3.05, 3.63) is 95.7 Å². The van der Waals surface area contributed by atoms with Crippen molar-refractivity contribution in [2.75, 3.05) is 11.9 Å². The zero-order valence-corrected chi connectivity index (χ0v) is 20.6. The minimum absolute atomic E-state index is 0.0604. The summed E-state index contributed by atoms with van der Waals surface area (Å²) in [6.07, 6.45) is 8.25. The molecule has 1 aromatic carbocycles. The molecular weight excluding hydrogens is 486 g/mol. The third-order valence-corrected chi connectivity index (χ3v) is 6.32. The summed E-state index contributed by atoms with van der Waals surface area (Å²) in [6, 6.07) is 18.6. The summed E-state index contributed by atoms with van der Waals surface area (Å²) in [5.74, 6) is 0.132. The number of ketones is 1. The van der Waals surface area contributed by atoms with Crippen LogP contribution in [0, 0.1) is 10.8 Å². The molecular formula is C28H24ClN7O. The van der Waals surface area contributed by atoms with Crippen molar-refractivity contribution < 1.29 is 4.79 Å². The molecule has 1 fully saturated rings. The molecule has 3 aromatic heterocycles. The second-order valence-electron chi connectivity index (χ2n) is 8.71. The predicted octanol–water partition coefficient (Wildman–Crippen LogP) is 5.55. The molecule has 3 N–H and O–H groups in total. The van der Waals surface area contributed by atoms with Crippen LogP contribution < -0.4 is 5.32 Å². The van der Waals surface area contributed by atoms with Crippen LogP contribution in [0.1, 0.15) is 28.9 Å². The molecule has 0 bridgehead atoms. The van der Waals surface area contributed by atoms with Crippen molar-refractivity contribution in [1.29, 1.82) is 10.8 Å². The number of pyridine rings is 3. The van der Waals surface area contributed by atoms with Gasteiger partial charge < -0.3 is 10.2 Å². The summed E-state index contributed by atoms with van der Waals surface area (Å²) in [5.41, 5.74) is 5.12. The summed E-state index contributed by atoms with van der Waals surface area (Å²) >= 11 is 5.86. The molecule has 4 aromatic rings. The highest BCUT2D eigenvalue weighted by Gasteiger charge is 2.30. The van der Waals surface area contributed by atoms with E-state index in [1.54, 1.807) is 35.6 Å². The number of nitrogens with one attached hydrogen (secondary N) is 3. The Morgan fingerprint density at radius 3 is 2.51 bits per heavy atom. The first-order valence-corrected chi connectivity index (χ1v) is 12.2. The number of rotatable bonds is 9. The largest absolute Gasteiger partial charge is 0.377 e. The maximum absolute atomic E-state index is 12.9. The number of amidine groups is 1. The first kappa shape index (κ1) is 24.3. The lowest BCUT2D eigenvalue weighted by molar-refractivity contribution is 0.100. The fourth-order valence-electron chi connectivity index (χ4n) is 3.93. The number of carbonyl (C=O) groups excluding carboxylic acids is 1. The Balaban J connectivity index is 1.25. The number of nitrogens with zero attached hydrogens (tertiary/aromatic N) is 4. The van der Waals surface area contributed by atoms with Gasteiger partial charge in [0.05, 0.1) is 18.6 Å². The standard InChI is InChI=1S/C28H24ClN7O/c29-27-9-5-21(15-35-27)24-8-4-20(14-34-24)18-10-11-32-25(13-18)26(37)16-33-22-3-1-2-19(12-22)28(31)36(17-30)23-6-7-23/h1-5,8-15,17,23,30-31,33H,6-7,16H2. The predicted molar refractivity (Wildman–Crippen MR) is 145 cm³/mol. The first-order valence-electron chi connectivity index (χ1n) is 11.8. The summed E-state index contributed by atoms with van der Waals surface area (Å²) in [6.45, 7) is 0.0604. The van der Waals surface area contributed by atoms with Crippen LogP contribution in [0.15, 0.2) is 79.3 Å². The monoisotopic (exact) mass is 509 g/mol. The molecule has 0 aliphatic heterocycles. The number of hydrogen-bond donors (Lipinski definition) is 3. The fraction of sp³-hybridized carbons (Fsp3) is 0.143. The number of carbonyl (C=O) groups is 1. The van der Waals surface area contributed by atoms with Crippen LogP contribution in [0.5, 0.6) is 0 Å². The van der Waals surface area contributed by atoms with Gasteiger partial charge in [0.2, 0.25) is 0 Å². The second-order valence-corrected chi connectivity index (χ2v) is 9.09. The normalized spacial score (nSPS) is 12.6.